The number of ether oxygens (including phenoxy) is 9. The van der Waals surface area contributed by atoms with Crippen LogP contribution in [0.2, 0.25) is 0 Å². The molecule has 2 aliphatic rings. The number of allylic oxidation sites excluding steroid dienone is 3. The maximum absolute atomic E-state index is 13.5. The predicted octanol–water partition coefficient (Wildman–Crippen LogP) is 7.77. The first-order valence-corrected chi connectivity index (χ1v) is 19.7. The first kappa shape index (κ1) is 46.8. The van der Waals surface area contributed by atoms with E-state index in [2.05, 4.69) is 26.8 Å². The van der Waals surface area contributed by atoms with E-state index >= 15 is 0 Å². The highest BCUT2D eigenvalue weighted by atomic mass is 16.7. The number of carbonyl (C=O) groups is 2. The van der Waals surface area contributed by atoms with Crippen molar-refractivity contribution in [2.24, 2.45) is 23.5 Å². The van der Waals surface area contributed by atoms with Crippen LogP contribution in [0.1, 0.15) is 115 Å². The van der Waals surface area contributed by atoms with Crippen LogP contribution in [0.4, 0.5) is 4.79 Å². The van der Waals surface area contributed by atoms with Crippen LogP contribution < -0.4 is 5.73 Å². The molecule has 0 radical (unpaired) electrons. The Balaban J connectivity index is 2.28. The summed E-state index contributed by atoms with van der Waals surface area (Å²) in [5, 5.41) is 0. The largest absolute Gasteiger partial charge is 0.457 e. The predicted molar refractivity (Wildman–Crippen MR) is 204 cm³/mol. The number of hydrogen-bond acceptors (Lipinski definition) is 11. The number of hydrogen-bond donors (Lipinski definition) is 1. The Hall–Kier alpha value is -2.32. The summed E-state index contributed by atoms with van der Waals surface area (Å²) in [7, 11) is 0. The van der Waals surface area contributed by atoms with Gasteiger partial charge in [0, 0.05) is 31.7 Å². The molecule has 0 aromatic heterocycles. The smallest absolute Gasteiger partial charge is 0.405 e. The highest BCUT2D eigenvalue weighted by Gasteiger charge is 2.46. The van der Waals surface area contributed by atoms with Gasteiger partial charge in [-0.25, -0.2) is 4.79 Å². The lowest BCUT2D eigenvalue weighted by Crippen LogP contribution is -2.48. The summed E-state index contributed by atoms with van der Waals surface area (Å²) in [4.78, 5) is 25.7. The van der Waals surface area contributed by atoms with Gasteiger partial charge in [-0.05, 0) is 98.6 Å². The third-order valence-electron chi connectivity index (χ3n) is 9.90. The average Bonchev–Trinajstić information content (AvgIpc) is 3.84. The zero-order chi connectivity index (χ0) is 39.7. The van der Waals surface area contributed by atoms with Gasteiger partial charge < -0.3 is 48.4 Å². The van der Waals surface area contributed by atoms with Crippen molar-refractivity contribution in [3.63, 3.8) is 0 Å². The van der Waals surface area contributed by atoms with E-state index in [1.807, 2.05) is 66.7 Å². The molecule has 2 rings (SSSR count). The first-order valence-electron chi connectivity index (χ1n) is 19.7. The van der Waals surface area contributed by atoms with Crippen molar-refractivity contribution in [3.05, 3.63) is 36.0 Å². The molecule has 306 valence electrons. The third kappa shape index (κ3) is 16.5. The summed E-state index contributed by atoms with van der Waals surface area (Å²) in [5.41, 5.74) is 5.35. The Labute approximate surface area is 319 Å². The fourth-order valence-electron chi connectivity index (χ4n) is 7.06. The van der Waals surface area contributed by atoms with Crippen molar-refractivity contribution >= 4 is 12.1 Å². The number of primary amides is 1. The third-order valence-corrected chi connectivity index (χ3v) is 9.90. The van der Waals surface area contributed by atoms with Crippen molar-refractivity contribution in [2.45, 2.75) is 176 Å². The van der Waals surface area contributed by atoms with Crippen molar-refractivity contribution in [2.75, 3.05) is 19.8 Å². The van der Waals surface area contributed by atoms with E-state index in [-0.39, 0.29) is 54.7 Å². The summed E-state index contributed by atoms with van der Waals surface area (Å²) in [6, 6.07) is 0. The molecular formula is C41H71NO11. The molecule has 53 heavy (non-hydrogen) atoms. The van der Waals surface area contributed by atoms with E-state index in [0.717, 1.165) is 18.4 Å². The second-order valence-corrected chi connectivity index (χ2v) is 14.6. The SMILES string of the molecule is CCOC(C)OC1CCC(C)(OC(C)OCC)C(OC(N)=O)/C=C/C(C)C(/C(C)=C/C=C/C(C)CC2OC2C(C)C(CC)OC(C)OCC)OC(=O)C1. The van der Waals surface area contributed by atoms with E-state index < -0.39 is 42.6 Å². The lowest BCUT2D eigenvalue weighted by atomic mass is 9.88. The molecule has 0 spiro atoms. The van der Waals surface area contributed by atoms with Gasteiger partial charge in [0.1, 0.15) is 11.7 Å². The normalized spacial score (nSPS) is 31.3. The van der Waals surface area contributed by atoms with Gasteiger partial charge in [-0.1, -0.05) is 52.0 Å². The van der Waals surface area contributed by atoms with Crippen LogP contribution in [0.3, 0.4) is 0 Å². The second kappa shape index (κ2) is 23.6. The van der Waals surface area contributed by atoms with Crippen LogP contribution in [0.5, 0.6) is 0 Å². The summed E-state index contributed by atoms with van der Waals surface area (Å²) in [5.74, 6) is -0.166. The van der Waals surface area contributed by atoms with Gasteiger partial charge in [0.15, 0.2) is 25.0 Å². The van der Waals surface area contributed by atoms with Crippen LogP contribution in [-0.2, 0) is 47.4 Å². The van der Waals surface area contributed by atoms with Gasteiger partial charge in [-0.3, -0.25) is 4.79 Å². The van der Waals surface area contributed by atoms with Gasteiger partial charge in [0.05, 0.1) is 30.8 Å². The maximum Gasteiger partial charge on any atom is 0.405 e. The van der Waals surface area contributed by atoms with Crippen molar-refractivity contribution in [1.29, 1.82) is 0 Å². The van der Waals surface area contributed by atoms with E-state index in [0.29, 0.717) is 32.7 Å². The summed E-state index contributed by atoms with van der Waals surface area (Å²) >= 11 is 0. The molecule has 2 N–H and O–H groups in total. The molecular weight excluding hydrogens is 682 g/mol. The molecule has 2 aliphatic heterocycles. The van der Waals surface area contributed by atoms with Crippen LogP contribution in [0.15, 0.2) is 36.0 Å². The Morgan fingerprint density at radius 1 is 1.00 bits per heavy atom. The molecule has 13 atom stereocenters. The number of rotatable bonds is 21. The van der Waals surface area contributed by atoms with Gasteiger partial charge in [0.2, 0.25) is 0 Å². The molecule has 1 saturated heterocycles. The van der Waals surface area contributed by atoms with Gasteiger partial charge >= 0.3 is 12.1 Å². The fourth-order valence-corrected chi connectivity index (χ4v) is 7.06. The molecule has 1 fully saturated rings. The number of nitrogens with two attached hydrogens (primary N) is 1. The average molecular weight is 754 g/mol. The standard InChI is InChI=1S/C41H71NO11/c1-13-34(49-31(10)46-15-3)29(8)39-35(50-39)24-26(5)18-17-19-27(6)38-28(7)20-21-36(51-40(42)44)41(12,53-32(11)47-16-4)23-22-33(25-37(43)52-38)48-30(9)45-14-2/h17-21,26,28-36,38-39H,13-16,22-25H2,1-12H3,(H2,42,44)/b18-17+,21-20+,27-19+. The van der Waals surface area contributed by atoms with E-state index in [9.17, 15) is 9.59 Å². The van der Waals surface area contributed by atoms with E-state index in [1.165, 1.54) is 0 Å². The molecule has 12 heteroatoms. The lowest BCUT2D eigenvalue weighted by Gasteiger charge is -2.39. The van der Waals surface area contributed by atoms with Crippen molar-refractivity contribution in [1.82, 2.24) is 0 Å². The first-order chi connectivity index (χ1) is 25.1. The molecule has 0 bridgehead atoms. The molecule has 1 amide bonds. The number of epoxide rings is 1. The highest BCUT2D eigenvalue weighted by molar-refractivity contribution is 5.70. The minimum absolute atomic E-state index is 0.00160. The van der Waals surface area contributed by atoms with Gasteiger partial charge in [-0.2, -0.15) is 0 Å². The number of esters is 1. The minimum atomic E-state index is -1.06. The van der Waals surface area contributed by atoms with E-state index in [4.69, 9.17) is 48.4 Å². The number of carbonyl (C=O) groups excluding carboxylic acids is 2. The molecule has 13 unspecified atom stereocenters. The van der Waals surface area contributed by atoms with Crippen LogP contribution >= 0.6 is 0 Å². The molecule has 0 aromatic rings. The van der Waals surface area contributed by atoms with E-state index in [1.54, 1.807) is 19.9 Å². The Kier molecular flexibility index (Phi) is 20.8. The summed E-state index contributed by atoms with van der Waals surface area (Å²) < 4.78 is 53.6. The molecule has 0 aliphatic carbocycles. The Morgan fingerprint density at radius 2 is 1.64 bits per heavy atom. The second-order valence-electron chi connectivity index (χ2n) is 14.6. The van der Waals surface area contributed by atoms with Crippen molar-refractivity contribution in [3.8, 4) is 0 Å². The minimum Gasteiger partial charge on any atom is -0.457 e. The zero-order valence-corrected chi connectivity index (χ0v) is 34.5. The zero-order valence-electron chi connectivity index (χ0n) is 34.5. The van der Waals surface area contributed by atoms with Crippen LogP contribution in [0.25, 0.3) is 0 Å². The summed E-state index contributed by atoms with van der Waals surface area (Å²) in [6.07, 6.45) is 8.36. The topological polar surface area (TPSA) is 147 Å². The number of cyclic esters (lactones) is 1. The Bertz CT molecular complexity index is 1180. The monoisotopic (exact) mass is 754 g/mol. The molecule has 12 nitrogen and oxygen atoms in total. The molecule has 2 heterocycles. The van der Waals surface area contributed by atoms with Crippen LogP contribution in [0, 0.1) is 17.8 Å². The van der Waals surface area contributed by atoms with Gasteiger partial charge in [0.25, 0.3) is 0 Å². The molecule has 0 saturated carbocycles. The van der Waals surface area contributed by atoms with Crippen LogP contribution in [-0.4, -0.2) is 93.0 Å². The molecule has 0 aromatic carbocycles. The Morgan fingerprint density at radius 3 is 2.26 bits per heavy atom. The van der Waals surface area contributed by atoms with Gasteiger partial charge in [-0.15, -0.1) is 0 Å². The maximum atomic E-state index is 13.5. The fraction of sp³-hybridized carbons (Fsp3) is 0.805. The lowest BCUT2D eigenvalue weighted by molar-refractivity contribution is -0.224. The quantitative estimate of drug-likeness (QED) is 0.0403. The number of amides is 1. The highest BCUT2D eigenvalue weighted by Crippen LogP contribution is 2.38. The van der Waals surface area contributed by atoms with Crippen molar-refractivity contribution < 1.29 is 52.2 Å². The summed E-state index contributed by atoms with van der Waals surface area (Å²) in [6.45, 7) is 25.0.